The largest absolute Gasteiger partial charge is 0.472 e. The first-order chi connectivity index (χ1) is 30.5. The average Bonchev–Trinajstić information content (AvgIpc) is 3.24. The Morgan fingerprint density at radius 1 is 0.476 bits per heavy atom. The normalized spacial score (nSPS) is 13.4. The lowest BCUT2D eigenvalue weighted by Crippen LogP contribution is -2.37. The van der Waals surface area contributed by atoms with Gasteiger partial charge in [-0.2, -0.15) is 0 Å². The zero-order chi connectivity index (χ0) is 46.4. The minimum absolute atomic E-state index is 0.0357. The van der Waals surface area contributed by atoms with E-state index in [1.54, 1.807) is 0 Å². The van der Waals surface area contributed by atoms with Crippen molar-refractivity contribution in [3.63, 3.8) is 0 Å². The van der Waals surface area contributed by atoms with Gasteiger partial charge in [-0.05, 0) is 38.5 Å². The molecule has 0 aliphatic carbocycles. The number of carbonyl (C=O) groups excluding carboxylic acids is 2. The number of allylic oxidation sites excluding steroid dienone is 2. The van der Waals surface area contributed by atoms with E-state index in [1.807, 2.05) is 21.1 Å². The third-order valence-corrected chi connectivity index (χ3v) is 13.0. The fraction of sp³-hybridized carbons (Fsp3) is 0.925. The molecule has 2 atom stereocenters. The second-order valence-electron chi connectivity index (χ2n) is 19.6. The molecule has 0 saturated heterocycles. The van der Waals surface area contributed by atoms with Gasteiger partial charge in [0.05, 0.1) is 27.7 Å². The van der Waals surface area contributed by atoms with Crippen molar-refractivity contribution in [3.8, 4) is 0 Å². The highest BCUT2D eigenvalue weighted by atomic mass is 31.2. The Kier molecular flexibility index (Phi) is 45.0. The molecule has 0 saturated carbocycles. The van der Waals surface area contributed by atoms with Crippen LogP contribution in [0.1, 0.15) is 264 Å². The van der Waals surface area contributed by atoms with Gasteiger partial charge in [0.1, 0.15) is 19.8 Å². The van der Waals surface area contributed by atoms with Crippen LogP contribution in [0.15, 0.2) is 12.2 Å². The molecule has 9 nitrogen and oxygen atoms in total. The van der Waals surface area contributed by atoms with Crippen molar-refractivity contribution in [3.05, 3.63) is 12.2 Å². The average molecular weight is 915 g/mol. The number of rotatable bonds is 50. The van der Waals surface area contributed by atoms with Crippen LogP contribution in [-0.4, -0.2) is 74.9 Å². The van der Waals surface area contributed by atoms with Crippen molar-refractivity contribution in [1.29, 1.82) is 0 Å². The fourth-order valence-corrected chi connectivity index (χ4v) is 8.58. The summed E-state index contributed by atoms with van der Waals surface area (Å²) in [5.74, 6) is -0.783. The van der Waals surface area contributed by atoms with Crippen LogP contribution in [0.2, 0.25) is 0 Å². The fourth-order valence-electron chi connectivity index (χ4n) is 7.84. The molecule has 0 aliphatic rings. The topological polar surface area (TPSA) is 108 Å². The number of nitrogens with zero attached hydrogens (tertiary/aromatic N) is 1. The number of quaternary nitrogens is 1. The van der Waals surface area contributed by atoms with Gasteiger partial charge < -0.3 is 18.9 Å². The number of ether oxygens (including phenoxy) is 2. The molecule has 0 heterocycles. The number of esters is 2. The second kappa shape index (κ2) is 45.9. The molecule has 0 amide bonds. The maximum Gasteiger partial charge on any atom is 0.472 e. The summed E-state index contributed by atoms with van der Waals surface area (Å²) in [5, 5.41) is 0. The predicted octanol–water partition coefficient (Wildman–Crippen LogP) is 16.1. The highest BCUT2D eigenvalue weighted by Crippen LogP contribution is 2.43. The molecule has 0 bridgehead atoms. The van der Waals surface area contributed by atoms with Crippen molar-refractivity contribution in [2.45, 2.75) is 270 Å². The van der Waals surface area contributed by atoms with Crippen LogP contribution in [0, 0.1) is 0 Å². The van der Waals surface area contributed by atoms with E-state index >= 15 is 0 Å². The molecule has 2 unspecified atom stereocenters. The molecule has 0 rings (SSSR count). The number of hydrogen-bond acceptors (Lipinski definition) is 7. The molecular weight excluding hydrogens is 810 g/mol. The van der Waals surface area contributed by atoms with Gasteiger partial charge in [-0.15, -0.1) is 0 Å². The lowest BCUT2D eigenvalue weighted by molar-refractivity contribution is -0.870. The van der Waals surface area contributed by atoms with Crippen LogP contribution in [0.3, 0.4) is 0 Å². The first-order valence-corrected chi connectivity index (χ1v) is 28.4. The van der Waals surface area contributed by atoms with Crippen LogP contribution >= 0.6 is 7.82 Å². The molecule has 0 radical (unpaired) electrons. The summed E-state index contributed by atoms with van der Waals surface area (Å²) in [5.41, 5.74) is 0. The van der Waals surface area contributed by atoms with Gasteiger partial charge in [-0.3, -0.25) is 18.6 Å². The van der Waals surface area contributed by atoms with Gasteiger partial charge >= 0.3 is 19.8 Å². The van der Waals surface area contributed by atoms with E-state index in [2.05, 4.69) is 26.0 Å². The Morgan fingerprint density at radius 2 is 0.810 bits per heavy atom. The van der Waals surface area contributed by atoms with E-state index in [-0.39, 0.29) is 25.6 Å². The molecule has 63 heavy (non-hydrogen) atoms. The molecule has 374 valence electrons. The molecule has 0 spiro atoms. The number of phosphoric ester groups is 1. The molecule has 0 aliphatic heterocycles. The SMILES string of the molecule is CCCCCCCCCC/C=C\CCCCCCCCCCCCCCCCCC(=O)OC(COC(=O)CCCCCCCCCCCCCC)COP(=O)(O)OCC[N+](C)(C)C. The van der Waals surface area contributed by atoms with Crippen molar-refractivity contribution in [2.24, 2.45) is 0 Å². The number of likely N-dealkylation sites (N-methyl/N-ethyl adjacent to an activating group) is 1. The summed E-state index contributed by atoms with van der Waals surface area (Å²) in [4.78, 5) is 35.5. The highest BCUT2D eigenvalue weighted by molar-refractivity contribution is 7.47. The van der Waals surface area contributed by atoms with Crippen LogP contribution in [0.25, 0.3) is 0 Å². The smallest absolute Gasteiger partial charge is 0.462 e. The van der Waals surface area contributed by atoms with Crippen molar-refractivity contribution in [1.82, 2.24) is 0 Å². The monoisotopic (exact) mass is 915 g/mol. The Hall–Kier alpha value is -1.25. The van der Waals surface area contributed by atoms with E-state index in [9.17, 15) is 19.0 Å². The standard InChI is InChI=1S/C53H104NO8P/c1-6-8-10-12-14-16-18-20-21-22-23-24-25-26-27-28-29-30-31-32-33-34-36-38-40-42-44-46-53(56)62-51(50-61-63(57,58)60-48-47-54(3,4)5)49-59-52(55)45-43-41-39-37-35-19-17-15-13-11-9-7-2/h22-23,51H,6-21,24-50H2,1-5H3/p+1/b23-22-. The van der Waals surface area contributed by atoms with E-state index < -0.39 is 26.5 Å². The summed E-state index contributed by atoms with van der Waals surface area (Å²) in [6.45, 7) is 4.46. The first kappa shape index (κ1) is 61.8. The summed E-state index contributed by atoms with van der Waals surface area (Å²) in [7, 11) is 1.49. The zero-order valence-electron chi connectivity index (χ0n) is 42.3. The quantitative estimate of drug-likeness (QED) is 0.0211. The van der Waals surface area contributed by atoms with Gasteiger partial charge in [-0.25, -0.2) is 4.57 Å². The number of carbonyl (C=O) groups is 2. The van der Waals surface area contributed by atoms with E-state index in [1.165, 1.54) is 199 Å². The van der Waals surface area contributed by atoms with Gasteiger partial charge in [0, 0.05) is 12.8 Å². The van der Waals surface area contributed by atoms with Crippen LogP contribution in [-0.2, 0) is 32.7 Å². The van der Waals surface area contributed by atoms with Crippen LogP contribution in [0.4, 0.5) is 0 Å². The minimum atomic E-state index is -4.37. The van der Waals surface area contributed by atoms with Gasteiger partial charge in [0.15, 0.2) is 6.10 Å². The molecule has 1 N–H and O–H groups in total. The molecule has 0 aromatic carbocycles. The zero-order valence-corrected chi connectivity index (χ0v) is 43.2. The predicted molar refractivity (Wildman–Crippen MR) is 266 cm³/mol. The van der Waals surface area contributed by atoms with Crippen LogP contribution < -0.4 is 0 Å². The second-order valence-corrected chi connectivity index (χ2v) is 21.1. The van der Waals surface area contributed by atoms with Crippen molar-refractivity contribution >= 4 is 19.8 Å². The molecular formula is C53H105NO8P+. The third kappa shape index (κ3) is 50.0. The third-order valence-electron chi connectivity index (χ3n) is 12.0. The highest BCUT2D eigenvalue weighted by Gasteiger charge is 2.27. The van der Waals surface area contributed by atoms with E-state index in [0.29, 0.717) is 23.9 Å². The maximum absolute atomic E-state index is 12.8. The lowest BCUT2D eigenvalue weighted by atomic mass is 10.0. The molecule has 0 fully saturated rings. The Labute approximate surface area is 390 Å². The molecule has 10 heteroatoms. The van der Waals surface area contributed by atoms with Gasteiger partial charge in [-0.1, -0.05) is 225 Å². The van der Waals surface area contributed by atoms with Crippen LogP contribution in [0.5, 0.6) is 0 Å². The number of hydrogen-bond donors (Lipinski definition) is 1. The maximum atomic E-state index is 12.8. The Balaban J connectivity index is 4.07. The van der Waals surface area contributed by atoms with E-state index in [0.717, 1.165) is 32.1 Å². The van der Waals surface area contributed by atoms with Crippen molar-refractivity contribution in [2.75, 3.05) is 47.5 Å². The molecule has 0 aromatic heterocycles. The number of phosphoric acid groups is 1. The molecule has 0 aromatic rings. The number of unbranched alkanes of at least 4 members (excludes halogenated alkanes) is 34. The minimum Gasteiger partial charge on any atom is -0.462 e. The first-order valence-electron chi connectivity index (χ1n) is 26.9. The summed E-state index contributed by atoms with van der Waals surface area (Å²) in [6.07, 6.45) is 51.4. The van der Waals surface area contributed by atoms with Gasteiger partial charge in [0.25, 0.3) is 0 Å². The lowest BCUT2D eigenvalue weighted by Gasteiger charge is -2.24. The van der Waals surface area contributed by atoms with Crippen molar-refractivity contribution < 1.29 is 42.1 Å². The summed E-state index contributed by atoms with van der Waals surface area (Å²) < 4.78 is 34.4. The van der Waals surface area contributed by atoms with Gasteiger partial charge in [0.2, 0.25) is 0 Å². The Morgan fingerprint density at radius 3 is 1.17 bits per heavy atom. The Bertz CT molecular complexity index is 1080. The summed E-state index contributed by atoms with van der Waals surface area (Å²) in [6, 6.07) is 0. The van der Waals surface area contributed by atoms with E-state index in [4.69, 9.17) is 18.5 Å². The summed E-state index contributed by atoms with van der Waals surface area (Å²) >= 11 is 0.